The van der Waals surface area contributed by atoms with E-state index in [2.05, 4.69) is 26.2 Å². The predicted octanol–water partition coefficient (Wildman–Crippen LogP) is 2.84. The van der Waals surface area contributed by atoms with Crippen LogP contribution in [0.1, 0.15) is 51.4 Å². The van der Waals surface area contributed by atoms with Crippen LogP contribution in [-0.4, -0.2) is 58.1 Å². The third-order valence-electron chi connectivity index (χ3n) is 7.59. The Morgan fingerprint density at radius 2 is 1.83 bits per heavy atom. The Bertz CT molecular complexity index is 1420. The Morgan fingerprint density at radius 1 is 1.09 bits per heavy atom. The van der Waals surface area contributed by atoms with Gasteiger partial charge in [0.05, 0.1) is 52.7 Å². The molecule has 0 aliphatic carbocycles. The molecular weight excluding hydrogens is 442 g/mol. The molecule has 0 radical (unpaired) electrons. The van der Waals surface area contributed by atoms with Crippen molar-refractivity contribution in [2.45, 2.75) is 26.3 Å². The Balaban J connectivity index is 1.17. The third kappa shape index (κ3) is 3.06. The normalized spacial score (nSPS) is 19.3. The fourth-order valence-electron chi connectivity index (χ4n) is 5.74. The van der Waals surface area contributed by atoms with Crippen molar-refractivity contribution in [1.29, 1.82) is 5.26 Å². The molecule has 35 heavy (non-hydrogen) atoms. The van der Waals surface area contributed by atoms with Crippen LogP contribution in [0.4, 0.5) is 11.4 Å². The molecule has 2 amide bonds. The Hall–Kier alpha value is -4.19. The third-order valence-corrected chi connectivity index (χ3v) is 7.59. The second kappa shape index (κ2) is 7.15. The highest BCUT2D eigenvalue weighted by Gasteiger charge is 2.53. The number of aromatic nitrogens is 3. The van der Waals surface area contributed by atoms with E-state index < -0.39 is 5.54 Å². The fourth-order valence-corrected chi connectivity index (χ4v) is 5.74. The van der Waals surface area contributed by atoms with Crippen molar-refractivity contribution in [3.63, 3.8) is 0 Å². The Morgan fingerprint density at radius 3 is 2.51 bits per heavy atom. The van der Waals surface area contributed by atoms with E-state index in [0.29, 0.717) is 16.7 Å². The SMILES string of the molecule is Cc1[nH]ncc1C(=O)N1CC2(C1)CN(c1cncc(N3C(=O)c4ccc(C#N)cc4C3(C)C)c1)C2. The molecule has 1 N–H and O–H groups in total. The molecule has 0 saturated carbocycles. The number of benzene rings is 1. The van der Waals surface area contributed by atoms with E-state index in [0.717, 1.165) is 48.8 Å². The summed E-state index contributed by atoms with van der Waals surface area (Å²) in [5.41, 5.74) is 4.63. The summed E-state index contributed by atoms with van der Waals surface area (Å²) in [6, 6.07) is 9.40. The van der Waals surface area contributed by atoms with Gasteiger partial charge in [0.1, 0.15) is 0 Å². The van der Waals surface area contributed by atoms with Gasteiger partial charge in [0, 0.05) is 42.9 Å². The van der Waals surface area contributed by atoms with Crippen molar-refractivity contribution in [3.05, 3.63) is 70.8 Å². The maximum absolute atomic E-state index is 13.3. The molecule has 3 aliphatic heterocycles. The molecule has 2 aromatic heterocycles. The first-order valence-corrected chi connectivity index (χ1v) is 11.6. The van der Waals surface area contributed by atoms with Gasteiger partial charge in [-0.1, -0.05) is 0 Å². The van der Waals surface area contributed by atoms with Gasteiger partial charge in [-0.15, -0.1) is 0 Å². The Labute approximate surface area is 203 Å². The van der Waals surface area contributed by atoms with Crippen molar-refractivity contribution in [2.75, 3.05) is 36.0 Å². The van der Waals surface area contributed by atoms with Gasteiger partial charge in [0.25, 0.3) is 11.8 Å². The first-order chi connectivity index (χ1) is 16.7. The van der Waals surface area contributed by atoms with Gasteiger partial charge < -0.3 is 9.80 Å². The van der Waals surface area contributed by atoms with Gasteiger partial charge in [-0.3, -0.25) is 24.6 Å². The highest BCUT2D eigenvalue weighted by molar-refractivity contribution is 6.12. The number of amides is 2. The number of rotatable bonds is 3. The number of aryl methyl sites for hydroxylation is 1. The first kappa shape index (κ1) is 21.4. The molecule has 3 aliphatic rings. The number of nitriles is 1. The lowest BCUT2D eigenvalue weighted by atomic mass is 9.72. The first-order valence-electron chi connectivity index (χ1n) is 11.6. The van der Waals surface area contributed by atoms with Crippen LogP contribution in [0.3, 0.4) is 0 Å². The van der Waals surface area contributed by atoms with Gasteiger partial charge in [0.2, 0.25) is 0 Å². The molecule has 9 heteroatoms. The maximum atomic E-state index is 13.3. The zero-order chi connectivity index (χ0) is 24.5. The molecule has 0 bridgehead atoms. The highest BCUT2D eigenvalue weighted by atomic mass is 16.2. The van der Waals surface area contributed by atoms with Gasteiger partial charge >= 0.3 is 0 Å². The number of anilines is 2. The monoisotopic (exact) mass is 467 g/mol. The lowest BCUT2D eigenvalue weighted by molar-refractivity contribution is -0.0105. The molecule has 5 heterocycles. The number of hydrogen-bond donors (Lipinski definition) is 1. The number of carbonyl (C=O) groups excluding carboxylic acids is 2. The lowest BCUT2D eigenvalue weighted by Gasteiger charge is -2.60. The number of aromatic amines is 1. The van der Waals surface area contributed by atoms with Crippen LogP contribution in [0, 0.1) is 23.7 Å². The lowest BCUT2D eigenvalue weighted by Crippen LogP contribution is -2.73. The smallest absolute Gasteiger partial charge is 0.259 e. The second-order valence-corrected chi connectivity index (χ2v) is 10.4. The quantitative estimate of drug-likeness (QED) is 0.634. The van der Waals surface area contributed by atoms with Crippen LogP contribution >= 0.6 is 0 Å². The zero-order valence-corrected chi connectivity index (χ0v) is 19.9. The molecular formula is C26H25N7O2. The number of hydrogen-bond acceptors (Lipinski definition) is 6. The van der Waals surface area contributed by atoms with E-state index in [1.54, 1.807) is 35.5 Å². The maximum Gasteiger partial charge on any atom is 0.259 e. The highest BCUT2D eigenvalue weighted by Crippen LogP contribution is 2.45. The van der Waals surface area contributed by atoms with E-state index in [4.69, 9.17) is 0 Å². The number of fused-ring (bicyclic) bond motifs is 1. The molecule has 2 fully saturated rings. The topological polar surface area (TPSA) is 109 Å². The van der Waals surface area contributed by atoms with E-state index >= 15 is 0 Å². The van der Waals surface area contributed by atoms with Crippen molar-refractivity contribution < 1.29 is 9.59 Å². The molecule has 6 rings (SSSR count). The Kier molecular flexibility index (Phi) is 4.36. The fraction of sp³-hybridized carbons (Fsp3) is 0.346. The van der Waals surface area contributed by atoms with Crippen LogP contribution in [0.25, 0.3) is 0 Å². The summed E-state index contributed by atoms with van der Waals surface area (Å²) in [6.45, 7) is 8.98. The molecule has 2 saturated heterocycles. The van der Waals surface area contributed by atoms with Crippen LogP contribution < -0.4 is 9.80 Å². The minimum absolute atomic E-state index is 0.0258. The predicted molar refractivity (Wildman–Crippen MR) is 129 cm³/mol. The zero-order valence-electron chi connectivity index (χ0n) is 19.9. The second-order valence-electron chi connectivity index (χ2n) is 10.4. The molecule has 0 unspecified atom stereocenters. The van der Waals surface area contributed by atoms with Crippen molar-refractivity contribution in [3.8, 4) is 6.07 Å². The van der Waals surface area contributed by atoms with Crippen LogP contribution in [-0.2, 0) is 5.54 Å². The molecule has 1 aromatic carbocycles. The summed E-state index contributed by atoms with van der Waals surface area (Å²) >= 11 is 0. The van der Waals surface area contributed by atoms with E-state index in [-0.39, 0.29) is 17.2 Å². The largest absolute Gasteiger partial charge is 0.369 e. The van der Waals surface area contributed by atoms with Crippen molar-refractivity contribution in [2.24, 2.45) is 5.41 Å². The van der Waals surface area contributed by atoms with E-state index in [9.17, 15) is 14.9 Å². The number of nitrogens with zero attached hydrogens (tertiary/aromatic N) is 6. The van der Waals surface area contributed by atoms with Gasteiger partial charge in [-0.2, -0.15) is 10.4 Å². The number of pyridine rings is 1. The molecule has 3 aromatic rings. The standard InChI is InChI=1S/C26H25N7O2/c1-16-21(11-29-30-16)23(34)32-14-26(15-32)12-31(13-26)18-7-19(10-28-9-18)33-24(35)20-5-4-17(8-27)6-22(20)25(33,2)3/h4-7,9-11H,12-15H2,1-3H3,(H,29,30). The summed E-state index contributed by atoms with van der Waals surface area (Å²) < 4.78 is 0. The number of H-pyrrole nitrogens is 1. The van der Waals surface area contributed by atoms with Crippen LogP contribution in [0.2, 0.25) is 0 Å². The molecule has 1 spiro atoms. The number of likely N-dealkylation sites (tertiary alicyclic amines) is 1. The minimum Gasteiger partial charge on any atom is -0.369 e. The van der Waals surface area contributed by atoms with Gasteiger partial charge in [-0.05, 0) is 50.6 Å². The van der Waals surface area contributed by atoms with E-state index in [1.165, 1.54) is 0 Å². The summed E-state index contributed by atoms with van der Waals surface area (Å²) in [5.74, 6) is -0.0610. The van der Waals surface area contributed by atoms with Crippen LogP contribution in [0.5, 0.6) is 0 Å². The average Bonchev–Trinajstić information content (AvgIpc) is 3.30. The summed E-state index contributed by atoms with van der Waals surface area (Å²) in [7, 11) is 0. The molecule has 0 atom stereocenters. The van der Waals surface area contributed by atoms with E-state index in [1.807, 2.05) is 37.9 Å². The summed E-state index contributed by atoms with van der Waals surface area (Å²) in [4.78, 5) is 36.3. The van der Waals surface area contributed by atoms with Gasteiger partial charge in [-0.25, -0.2) is 0 Å². The summed E-state index contributed by atoms with van der Waals surface area (Å²) in [5, 5.41) is 16.1. The average molecular weight is 468 g/mol. The van der Waals surface area contributed by atoms with Crippen molar-refractivity contribution in [1.82, 2.24) is 20.1 Å². The summed E-state index contributed by atoms with van der Waals surface area (Å²) in [6.07, 6.45) is 5.13. The number of nitrogens with one attached hydrogen (secondary N) is 1. The molecule has 176 valence electrons. The molecule has 9 nitrogen and oxygen atoms in total. The van der Waals surface area contributed by atoms with Gasteiger partial charge in [0.15, 0.2) is 0 Å². The minimum atomic E-state index is -0.601. The number of carbonyl (C=O) groups is 2. The van der Waals surface area contributed by atoms with Crippen LogP contribution in [0.15, 0.2) is 42.9 Å². The van der Waals surface area contributed by atoms with Crippen molar-refractivity contribution >= 4 is 23.2 Å².